The average Bonchev–Trinajstić information content (AvgIpc) is 3.27. The summed E-state index contributed by atoms with van der Waals surface area (Å²) >= 11 is 0. The monoisotopic (exact) mass is 734 g/mol. The molecule has 0 N–H and O–H groups in total. The van der Waals surface area contributed by atoms with E-state index in [1.807, 2.05) is 0 Å². The minimum absolute atomic E-state index is 1.23. The van der Waals surface area contributed by atoms with Crippen LogP contribution in [-0.4, -0.2) is 0 Å². The summed E-state index contributed by atoms with van der Waals surface area (Å²) < 4.78 is 0. The molecule has 0 aromatic heterocycles. The molecule has 270 valence electrons. The van der Waals surface area contributed by atoms with Crippen molar-refractivity contribution >= 4 is 64.6 Å². The van der Waals surface area contributed by atoms with Gasteiger partial charge in [0.2, 0.25) is 0 Å². The minimum Gasteiger partial charge on any atom is -0.0610 e. The van der Waals surface area contributed by atoms with Gasteiger partial charge in [-0.3, -0.25) is 0 Å². The fraction of sp³-hybridized carbons (Fsp3) is 0.0345. The lowest BCUT2D eigenvalue weighted by Gasteiger charge is -2.15. The molecule has 0 spiro atoms. The number of hydrogen-bond donors (Lipinski definition) is 0. The molecule has 0 nitrogen and oxygen atoms in total. The molecule has 0 heterocycles. The zero-order valence-electron chi connectivity index (χ0n) is 32.5. The van der Waals surface area contributed by atoms with Crippen LogP contribution in [0.3, 0.4) is 0 Å². The Kier molecular flexibility index (Phi) is 7.16. The van der Waals surface area contributed by atoms with E-state index in [0.29, 0.717) is 0 Å². The summed E-state index contributed by atoms with van der Waals surface area (Å²) in [7, 11) is 0. The van der Waals surface area contributed by atoms with E-state index in [4.69, 9.17) is 0 Å². The third kappa shape index (κ3) is 5.02. The summed E-state index contributed by atoms with van der Waals surface area (Å²) in [4.78, 5) is 0. The zero-order valence-corrected chi connectivity index (χ0v) is 32.5. The molecule has 0 aliphatic heterocycles. The van der Waals surface area contributed by atoms with Crippen LogP contribution < -0.4 is 0 Å². The van der Waals surface area contributed by atoms with Gasteiger partial charge in [-0.05, 0) is 145 Å². The second-order valence-corrected chi connectivity index (χ2v) is 16.2. The van der Waals surface area contributed by atoms with Crippen molar-refractivity contribution in [1.82, 2.24) is 0 Å². The van der Waals surface area contributed by atoms with Crippen molar-refractivity contribution in [2.24, 2.45) is 0 Å². The Hall–Kier alpha value is -7.28. The smallest absolute Gasteiger partial charge is 0.00206 e. The SMILES string of the molecule is Cc1cc(-c2ccc(-c3ccc4ccc5cccc6ccc3c4c56)cc2)ccc1-c1ccc(-c2ccc(-c3ccc4ccc5cccc6ccc3c4c56)cc2)cc1C. The van der Waals surface area contributed by atoms with Crippen LogP contribution in [0.1, 0.15) is 11.1 Å². The number of benzene rings is 12. The first kappa shape index (κ1) is 32.9. The molecule has 12 aromatic rings. The first-order chi connectivity index (χ1) is 28.6. The van der Waals surface area contributed by atoms with Crippen LogP contribution in [-0.2, 0) is 0 Å². The summed E-state index contributed by atoms with van der Waals surface area (Å²) in [5, 5.41) is 15.9. The molecule has 0 aliphatic carbocycles. The van der Waals surface area contributed by atoms with Gasteiger partial charge in [0.15, 0.2) is 0 Å². The molecule has 12 rings (SSSR count). The van der Waals surface area contributed by atoms with Crippen molar-refractivity contribution < 1.29 is 0 Å². The Morgan fingerprint density at radius 2 is 0.517 bits per heavy atom. The molecular weight excluding hydrogens is 697 g/mol. The highest BCUT2D eigenvalue weighted by Gasteiger charge is 2.15. The molecule has 0 amide bonds. The van der Waals surface area contributed by atoms with Crippen LogP contribution in [0.15, 0.2) is 194 Å². The maximum atomic E-state index is 2.34. The van der Waals surface area contributed by atoms with Crippen molar-refractivity contribution in [3.63, 3.8) is 0 Å². The summed E-state index contributed by atoms with van der Waals surface area (Å²) in [5.74, 6) is 0. The van der Waals surface area contributed by atoms with Gasteiger partial charge in [-0.1, -0.05) is 194 Å². The fourth-order valence-electron chi connectivity index (χ4n) is 9.95. The Morgan fingerprint density at radius 1 is 0.224 bits per heavy atom. The Labute approximate surface area is 337 Å². The van der Waals surface area contributed by atoms with Gasteiger partial charge in [-0.15, -0.1) is 0 Å². The zero-order chi connectivity index (χ0) is 38.5. The van der Waals surface area contributed by atoms with E-state index in [-0.39, 0.29) is 0 Å². The summed E-state index contributed by atoms with van der Waals surface area (Å²) in [6.45, 7) is 4.48. The summed E-state index contributed by atoms with van der Waals surface area (Å²) in [6.07, 6.45) is 0. The molecule has 0 aliphatic rings. The third-order valence-electron chi connectivity index (χ3n) is 12.9. The lowest BCUT2D eigenvalue weighted by Crippen LogP contribution is -1.90. The van der Waals surface area contributed by atoms with E-state index in [0.717, 1.165) is 0 Å². The topological polar surface area (TPSA) is 0 Å². The van der Waals surface area contributed by atoms with Gasteiger partial charge in [0, 0.05) is 0 Å². The number of rotatable bonds is 5. The van der Waals surface area contributed by atoms with Crippen LogP contribution in [0.5, 0.6) is 0 Å². The average molecular weight is 735 g/mol. The molecule has 0 atom stereocenters. The molecule has 0 saturated carbocycles. The maximum Gasteiger partial charge on any atom is -0.00206 e. The molecule has 0 heteroatoms. The standard InChI is InChI=1S/C58H38/c1-35-33-47(37-9-13-39(14-10-37)51-29-21-45-19-17-41-5-3-7-43-23-31-53(51)57(45)55(41)43)25-27-49(35)50-28-26-48(34-36(50)2)38-11-15-40(16-12-38)52-30-22-46-20-18-42-6-4-8-44-24-32-54(52)58(46)56(42)44/h3-34H,1-2H3. The number of hydrogen-bond acceptors (Lipinski definition) is 0. The molecular formula is C58H38. The van der Waals surface area contributed by atoms with Crippen molar-refractivity contribution in [1.29, 1.82) is 0 Å². The number of aryl methyl sites for hydroxylation is 2. The molecule has 0 saturated heterocycles. The van der Waals surface area contributed by atoms with E-state index in [2.05, 4.69) is 208 Å². The van der Waals surface area contributed by atoms with Gasteiger partial charge in [-0.2, -0.15) is 0 Å². The Balaban J connectivity index is 0.818. The van der Waals surface area contributed by atoms with Gasteiger partial charge in [0.25, 0.3) is 0 Å². The van der Waals surface area contributed by atoms with Crippen LogP contribution in [0.25, 0.3) is 120 Å². The van der Waals surface area contributed by atoms with Gasteiger partial charge >= 0.3 is 0 Å². The normalized spacial score (nSPS) is 12.0. The van der Waals surface area contributed by atoms with E-state index >= 15 is 0 Å². The van der Waals surface area contributed by atoms with Crippen molar-refractivity contribution in [2.75, 3.05) is 0 Å². The van der Waals surface area contributed by atoms with Gasteiger partial charge in [0.1, 0.15) is 0 Å². The maximum absolute atomic E-state index is 2.34. The predicted octanol–water partition coefficient (Wildman–Crippen LogP) is 16.4. The van der Waals surface area contributed by atoms with E-state index < -0.39 is 0 Å². The highest BCUT2D eigenvalue weighted by Crippen LogP contribution is 2.42. The van der Waals surface area contributed by atoms with Crippen LogP contribution in [0.4, 0.5) is 0 Å². The lowest BCUT2D eigenvalue weighted by molar-refractivity contribution is 1.40. The first-order valence-electron chi connectivity index (χ1n) is 20.3. The quantitative estimate of drug-likeness (QED) is 0.154. The van der Waals surface area contributed by atoms with Gasteiger partial charge in [-0.25, -0.2) is 0 Å². The van der Waals surface area contributed by atoms with Crippen molar-refractivity contribution in [2.45, 2.75) is 13.8 Å². The van der Waals surface area contributed by atoms with Crippen molar-refractivity contribution in [3.8, 4) is 55.6 Å². The molecule has 0 bridgehead atoms. The van der Waals surface area contributed by atoms with E-state index in [1.54, 1.807) is 0 Å². The molecule has 0 radical (unpaired) electrons. The molecule has 12 aromatic carbocycles. The molecule has 58 heavy (non-hydrogen) atoms. The van der Waals surface area contributed by atoms with Crippen LogP contribution in [0.2, 0.25) is 0 Å². The Bertz CT molecular complexity index is 3280. The first-order valence-corrected chi connectivity index (χ1v) is 20.3. The molecule has 0 unspecified atom stereocenters. The van der Waals surface area contributed by atoms with E-state index in [1.165, 1.54) is 131 Å². The minimum atomic E-state index is 1.23. The fourth-order valence-corrected chi connectivity index (χ4v) is 9.95. The van der Waals surface area contributed by atoms with E-state index in [9.17, 15) is 0 Å². The highest BCUT2D eigenvalue weighted by atomic mass is 14.2. The predicted molar refractivity (Wildman–Crippen MR) is 251 cm³/mol. The van der Waals surface area contributed by atoms with Gasteiger partial charge in [0.05, 0.1) is 0 Å². The second-order valence-electron chi connectivity index (χ2n) is 16.2. The van der Waals surface area contributed by atoms with Crippen LogP contribution in [0, 0.1) is 13.8 Å². The van der Waals surface area contributed by atoms with Gasteiger partial charge < -0.3 is 0 Å². The Morgan fingerprint density at radius 3 is 0.897 bits per heavy atom. The third-order valence-corrected chi connectivity index (χ3v) is 12.9. The van der Waals surface area contributed by atoms with Crippen molar-refractivity contribution in [3.05, 3.63) is 205 Å². The summed E-state index contributed by atoms with van der Waals surface area (Å²) in [6, 6.07) is 72.5. The second kappa shape index (κ2) is 12.6. The lowest BCUT2D eigenvalue weighted by atomic mass is 9.89. The molecule has 0 fully saturated rings. The van der Waals surface area contributed by atoms with Crippen LogP contribution >= 0.6 is 0 Å². The summed E-state index contributed by atoms with van der Waals surface area (Å²) in [5.41, 5.74) is 15.1. The highest BCUT2D eigenvalue weighted by molar-refractivity contribution is 6.26. The largest absolute Gasteiger partial charge is 0.0610 e.